The first kappa shape index (κ1) is 14.7. The van der Waals surface area contributed by atoms with E-state index in [9.17, 15) is 4.79 Å². The number of aromatic nitrogens is 1. The molecule has 0 aromatic carbocycles. The lowest BCUT2D eigenvalue weighted by Crippen LogP contribution is -2.43. The molecule has 0 fully saturated rings. The second-order valence-electron chi connectivity index (χ2n) is 5.22. The molecule has 1 N–H and O–H groups in total. The maximum Gasteiger partial charge on any atom is 0.430 e. The molecule has 2 heterocycles. The van der Waals surface area contributed by atoms with Crippen LogP contribution in [-0.2, 0) is 4.74 Å². The average molecular weight is 393 g/mol. The van der Waals surface area contributed by atoms with E-state index in [0.29, 0.717) is 11.1 Å². The Labute approximate surface area is 128 Å². The molecule has 0 saturated carbocycles. The van der Waals surface area contributed by atoms with Crippen molar-refractivity contribution >= 4 is 43.8 Å². The Kier molecular flexibility index (Phi) is 4.17. The summed E-state index contributed by atoms with van der Waals surface area (Å²) in [6.45, 7) is 5.50. The molecule has 0 spiro atoms. The zero-order chi connectivity index (χ0) is 14.2. The van der Waals surface area contributed by atoms with Crippen molar-refractivity contribution in [2.24, 2.45) is 0 Å². The Morgan fingerprint density at radius 2 is 2.26 bits per heavy atom. The van der Waals surface area contributed by atoms with Gasteiger partial charge in [0.25, 0.3) is 0 Å². The monoisotopic (exact) mass is 391 g/mol. The van der Waals surface area contributed by atoms with Crippen LogP contribution < -0.4 is 10.4 Å². The van der Waals surface area contributed by atoms with E-state index in [1.54, 1.807) is 6.20 Å². The normalized spacial score (nSPS) is 18.4. The summed E-state index contributed by atoms with van der Waals surface area (Å²) in [4.78, 5) is 16.4. The molecule has 1 atom stereocenters. The highest BCUT2D eigenvalue weighted by molar-refractivity contribution is 9.10. The first-order chi connectivity index (χ1) is 8.81. The number of hydrogen-bond donors (Lipinski definition) is 1. The summed E-state index contributed by atoms with van der Waals surface area (Å²) in [5.74, 6) is 0.585. The molecule has 0 aliphatic carbocycles. The number of anilines is 1. The molecule has 0 bridgehead atoms. The van der Waals surface area contributed by atoms with Crippen LogP contribution in [-0.4, -0.2) is 22.0 Å². The van der Waals surface area contributed by atoms with E-state index in [4.69, 9.17) is 4.74 Å². The van der Waals surface area contributed by atoms with Gasteiger partial charge in [0.05, 0.1) is 6.04 Å². The minimum Gasteiger partial charge on any atom is -0.442 e. The van der Waals surface area contributed by atoms with Gasteiger partial charge in [0.2, 0.25) is 0 Å². The first-order valence-corrected chi connectivity index (χ1v) is 7.74. The number of amides is 1. The molecule has 1 aliphatic heterocycles. The van der Waals surface area contributed by atoms with E-state index in [2.05, 4.69) is 42.3 Å². The van der Waals surface area contributed by atoms with E-state index in [0.717, 1.165) is 10.0 Å². The lowest BCUT2D eigenvalue weighted by molar-refractivity contribution is 0.0561. The Balaban J connectivity index is 2.29. The van der Waals surface area contributed by atoms with Crippen molar-refractivity contribution in [1.82, 2.24) is 10.4 Å². The number of nitrogens with zero attached hydrogens (tertiary/aromatic N) is 2. The van der Waals surface area contributed by atoms with E-state index < -0.39 is 11.7 Å². The zero-order valence-corrected chi connectivity index (χ0v) is 14.1. The highest BCUT2D eigenvalue weighted by Crippen LogP contribution is 2.34. The predicted molar refractivity (Wildman–Crippen MR) is 80.3 cm³/mol. The SMILES string of the molecule is CC(C)(C)OC(=O)N1NC(CBr)c2cc(Br)cnc21. The molecule has 1 aromatic rings. The van der Waals surface area contributed by atoms with Gasteiger partial charge in [-0.2, -0.15) is 5.01 Å². The summed E-state index contributed by atoms with van der Waals surface area (Å²) in [7, 11) is 0. The lowest BCUT2D eigenvalue weighted by Gasteiger charge is -2.24. The number of halogens is 2. The first-order valence-electron chi connectivity index (χ1n) is 5.82. The quantitative estimate of drug-likeness (QED) is 0.742. The summed E-state index contributed by atoms with van der Waals surface area (Å²) in [5.41, 5.74) is 3.50. The van der Waals surface area contributed by atoms with Crippen molar-refractivity contribution in [3.05, 3.63) is 22.3 Å². The van der Waals surface area contributed by atoms with Crippen molar-refractivity contribution in [3.63, 3.8) is 0 Å². The van der Waals surface area contributed by atoms with Gasteiger partial charge in [-0.1, -0.05) is 15.9 Å². The average Bonchev–Trinajstić information content (AvgIpc) is 2.64. The Hall–Kier alpha value is -0.660. The van der Waals surface area contributed by atoms with Crippen LogP contribution in [0.2, 0.25) is 0 Å². The van der Waals surface area contributed by atoms with Gasteiger partial charge in [0.1, 0.15) is 5.60 Å². The van der Waals surface area contributed by atoms with Crippen molar-refractivity contribution in [3.8, 4) is 0 Å². The lowest BCUT2D eigenvalue weighted by atomic mass is 10.1. The maximum absolute atomic E-state index is 12.1. The largest absolute Gasteiger partial charge is 0.442 e. The van der Waals surface area contributed by atoms with Crippen LogP contribution >= 0.6 is 31.9 Å². The molecular weight excluding hydrogens is 378 g/mol. The topological polar surface area (TPSA) is 54.5 Å². The van der Waals surface area contributed by atoms with Gasteiger partial charge >= 0.3 is 6.09 Å². The van der Waals surface area contributed by atoms with Crippen molar-refractivity contribution in [2.75, 3.05) is 10.3 Å². The van der Waals surface area contributed by atoms with Gasteiger partial charge < -0.3 is 4.74 Å². The predicted octanol–water partition coefficient (Wildman–Crippen LogP) is 3.54. The Bertz CT molecular complexity index is 502. The van der Waals surface area contributed by atoms with Gasteiger partial charge in [-0.25, -0.2) is 15.2 Å². The van der Waals surface area contributed by atoms with Crippen molar-refractivity contribution in [2.45, 2.75) is 32.4 Å². The highest BCUT2D eigenvalue weighted by atomic mass is 79.9. The van der Waals surface area contributed by atoms with Crippen LogP contribution in [0, 0.1) is 0 Å². The molecule has 5 nitrogen and oxygen atoms in total. The second kappa shape index (κ2) is 5.38. The number of hydrogen-bond acceptors (Lipinski definition) is 4. The van der Waals surface area contributed by atoms with E-state index >= 15 is 0 Å². The molecule has 0 radical (unpaired) electrons. The van der Waals surface area contributed by atoms with Crippen LogP contribution in [0.15, 0.2) is 16.7 Å². The summed E-state index contributed by atoms with van der Waals surface area (Å²) < 4.78 is 6.24. The molecule has 19 heavy (non-hydrogen) atoms. The summed E-state index contributed by atoms with van der Waals surface area (Å²) in [6.07, 6.45) is 1.21. The number of fused-ring (bicyclic) bond motifs is 1. The summed E-state index contributed by atoms with van der Waals surface area (Å²) in [5, 5.41) is 2.04. The van der Waals surface area contributed by atoms with Gasteiger partial charge in [-0.15, -0.1) is 0 Å². The molecule has 2 rings (SSSR count). The van der Waals surface area contributed by atoms with Crippen LogP contribution in [0.4, 0.5) is 10.6 Å². The van der Waals surface area contributed by atoms with Crippen LogP contribution in [0.5, 0.6) is 0 Å². The number of carbonyl (C=O) groups is 1. The van der Waals surface area contributed by atoms with Gasteiger partial charge in [0, 0.05) is 21.6 Å². The zero-order valence-electron chi connectivity index (χ0n) is 10.9. The number of rotatable bonds is 1. The third kappa shape index (κ3) is 3.27. The third-order valence-corrected chi connectivity index (χ3v) is 3.55. The smallest absolute Gasteiger partial charge is 0.430 e. The number of alkyl halides is 1. The van der Waals surface area contributed by atoms with Crippen molar-refractivity contribution in [1.29, 1.82) is 0 Å². The molecule has 1 unspecified atom stereocenters. The standard InChI is InChI=1S/C12H15Br2N3O2/c1-12(2,3)19-11(18)17-10-8(9(5-13)16-17)4-7(14)6-15-10/h4,6,9,16H,5H2,1-3H3. The molecule has 0 saturated heterocycles. The summed E-state index contributed by atoms with van der Waals surface area (Å²) >= 11 is 6.81. The van der Waals surface area contributed by atoms with Gasteiger partial charge in [-0.3, -0.25) is 0 Å². The molecule has 104 valence electrons. The number of hydrazine groups is 1. The fourth-order valence-electron chi connectivity index (χ4n) is 1.74. The molecular formula is C12H15Br2N3O2. The maximum atomic E-state index is 12.1. The Morgan fingerprint density at radius 1 is 1.58 bits per heavy atom. The summed E-state index contributed by atoms with van der Waals surface area (Å²) in [6, 6.07) is 1.94. The Morgan fingerprint density at radius 3 is 2.84 bits per heavy atom. The fraction of sp³-hybridized carbons (Fsp3) is 0.500. The highest BCUT2D eigenvalue weighted by Gasteiger charge is 2.35. The minimum absolute atomic E-state index is 0.00693. The molecule has 1 amide bonds. The van der Waals surface area contributed by atoms with Gasteiger partial charge in [-0.05, 0) is 42.8 Å². The number of nitrogens with one attached hydrogen (secondary N) is 1. The third-order valence-electron chi connectivity index (χ3n) is 2.46. The number of ether oxygens (including phenoxy) is 1. The van der Waals surface area contributed by atoms with E-state index in [1.807, 2.05) is 26.8 Å². The van der Waals surface area contributed by atoms with E-state index in [-0.39, 0.29) is 6.04 Å². The molecule has 1 aliphatic rings. The van der Waals surface area contributed by atoms with Crippen LogP contribution in [0.25, 0.3) is 0 Å². The number of pyridine rings is 1. The molecule has 7 heteroatoms. The minimum atomic E-state index is -0.541. The van der Waals surface area contributed by atoms with E-state index in [1.165, 1.54) is 5.01 Å². The number of carbonyl (C=O) groups excluding carboxylic acids is 1. The van der Waals surface area contributed by atoms with Gasteiger partial charge in [0.15, 0.2) is 5.82 Å². The molecule has 1 aromatic heterocycles. The second-order valence-corrected chi connectivity index (χ2v) is 6.78. The van der Waals surface area contributed by atoms with Crippen molar-refractivity contribution < 1.29 is 9.53 Å². The van der Waals surface area contributed by atoms with Crippen LogP contribution in [0.3, 0.4) is 0 Å². The fourth-order valence-corrected chi connectivity index (χ4v) is 2.58. The van der Waals surface area contributed by atoms with Crippen LogP contribution in [0.1, 0.15) is 32.4 Å².